The van der Waals surface area contributed by atoms with Crippen molar-refractivity contribution in [2.24, 2.45) is 0 Å². The van der Waals surface area contributed by atoms with E-state index in [1.165, 1.54) is 0 Å². The van der Waals surface area contributed by atoms with E-state index >= 15 is 0 Å². The van der Waals surface area contributed by atoms with Gasteiger partial charge in [0.15, 0.2) is 0 Å². The van der Waals surface area contributed by atoms with Gasteiger partial charge in [0.05, 0.1) is 6.42 Å². The van der Waals surface area contributed by atoms with Crippen LogP contribution in [0.4, 0.5) is 5.82 Å². The molecule has 0 saturated carbocycles. The summed E-state index contributed by atoms with van der Waals surface area (Å²) >= 11 is 0. The highest BCUT2D eigenvalue weighted by Crippen LogP contribution is 2.06. The number of aldehydes is 1. The molecule has 0 fully saturated rings. The Labute approximate surface area is 83.8 Å². The highest BCUT2D eigenvalue weighted by atomic mass is 16.1. The maximum absolute atomic E-state index is 10.0. The molecule has 0 unspecified atom stereocenters. The first kappa shape index (κ1) is 10.3. The fraction of sp³-hybridized carbons (Fsp3) is 0.273. The minimum Gasteiger partial charge on any atom is -0.363 e. The highest BCUT2D eigenvalue weighted by Gasteiger charge is 1.94. The lowest BCUT2D eigenvalue weighted by atomic mass is 10.3. The van der Waals surface area contributed by atoms with E-state index in [-0.39, 0.29) is 6.42 Å². The molecule has 3 heteroatoms. The molecule has 0 aliphatic heterocycles. The van der Waals surface area contributed by atoms with E-state index in [4.69, 9.17) is 0 Å². The number of carbonyl (C=O) groups is 1. The second kappa shape index (κ2) is 5.03. The third kappa shape index (κ3) is 2.91. The van der Waals surface area contributed by atoms with E-state index in [1.807, 2.05) is 31.1 Å². The zero-order valence-electron chi connectivity index (χ0n) is 8.32. The van der Waals surface area contributed by atoms with Crippen LogP contribution in [-0.2, 0) is 4.79 Å². The van der Waals surface area contributed by atoms with Crippen molar-refractivity contribution < 1.29 is 4.79 Å². The van der Waals surface area contributed by atoms with Gasteiger partial charge in [-0.25, -0.2) is 4.98 Å². The third-order valence-corrected chi connectivity index (χ3v) is 1.62. The maximum atomic E-state index is 10.0. The van der Waals surface area contributed by atoms with Crippen molar-refractivity contribution in [1.29, 1.82) is 0 Å². The Kier molecular flexibility index (Phi) is 3.69. The second-order valence-electron chi connectivity index (χ2n) is 2.97. The molecule has 1 rings (SSSR count). The summed E-state index contributed by atoms with van der Waals surface area (Å²) in [7, 11) is 3.86. The lowest BCUT2D eigenvalue weighted by Gasteiger charge is -2.09. The van der Waals surface area contributed by atoms with Crippen LogP contribution >= 0.6 is 0 Å². The normalized spacial score (nSPS) is 8.71. The number of pyridine rings is 1. The molecule has 14 heavy (non-hydrogen) atoms. The number of anilines is 1. The zero-order valence-corrected chi connectivity index (χ0v) is 8.32. The Balaban J connectivity index is 2.75. The van der Waals surface area contributed by atoms with Crippen molar-refractivity contribution in [3.8, 4) is 11.8 Å². The van der Waals surface area contributed by atoms with Crippen LogP contribution in [0.2, 0.25) is 0 Å². The molecule has 1 aromatic heterocycles. The summed E-state index contributed by atoms with van der Waals surface area (Å²) in [6.07, 6.45) is 2.76. The largest absolute Gasteiger partial charge is 0.363 e. The number of hydrogen-bond donors (Lipinski definition) is 0. The molecule has 0 N–H and O–H groups in total. The molecule has 0 spiro atoms. The van der Waals surface area contributed by atoms with Gasteiger partial charge in [-0.1, -0.05) is 11.8 Å². The fourth-order valence-corrected chi connectivity index (χ4v) is 0.919. The number of nitrogens with zero attached hydrogens (tertiary/aromatic N) is 2. The van der Waals surface area contributed by atoms with Crippen molar-refractivity contribution in [1.82, 2.24) is 4.98 Å². The van der Waals surface area contributed by atoms with Crippen molar-refractivity contribution in [2.75, 3.05) is 19.0 Å². The summed E-state index contributed by atoms with van der Waals surface area (Å²) in [6, 6.07) is 3.78. The molecule has 0 bridgehead atoms. The van der Waals surface area contributed by atoms with Gasteiger partial charge in [0.25, 0.3) is 0 Å². The van der Waals surface area contributed by atoms with Crippen LogP contribution in [-0.4, -0.2) is 25.4 Å². The van der Waals surface area contributed by atoms with E-state index in [0.29, 0.717) is 0 Å². The maximum Gasteiger partial charge on any atom is 0.131 e. The Morgan fingerprint density at radius 1 is 1.50 bits per heavy atom. The number of carbonyl (C=O) groups excluding carboxylic acids is 1. The van der Waals surface area contributed by atoms with Crippen LogP contribution in [0.5, 0.6) is 0 Å². The van der Waals surface area contributed by atoms with Crippen LogP contribution in [0.25, 0.3) is 0 Å². The Morgan fingerprint density at radius 2 is 2.29 bits per heavy atom. The van der Waals surface area contributed by atoms with Gasteiger partial charge in [-0.05, 0) is 12.1 Å². The highest BCUT2D eigenvalue weighted by molar-refractivity contribution is 5.55. The van der Waals surface area contributed by atoms with E-state index in [0.717, 1.165) is 17.7 Å². The van der Waals surface area contributed by atoms with Crippen LogP contribution < -0.4 is 4.90 Å². The topological polar surface area (TPSA) is 33.2 Å². The third-order valence-electron chi connectivity index (χ3n) is 1.62. The summed E-state index contributed by atoms with van der Waals surface area (Å²) in [5.41, 5.74) is 0.831. The van der Waals surface area contributed by atoms with Crippen LogP contribution in [0.1, 0.15) is 12.0 Å². The van der Waals surface area contributed by atoms with Crippen molar-refractivity contribution in [3.05, 3.63) is 23.9 Å². The van der Waals surface area contributed by atoms with Gasteiger partial charge in [0.2, 0.25) is 0 Å². The van der Waals surface area contributed by atoms with E-state index in [2.05, 4.69) is 16.8 Å². The van der Waals surface area contributed by atoms with Gasteiger partial charge in [0.1, 0.15) is 12.1 Å². The van der Waals surface area contributed by atoms with Gasteiger partial charge in [-0.3, -0.25) is 0 Å². The second-order valence-corrected chi connectivity index (χ2v) is 2.97. The summed E-state index contributed by atoms with van der Waals surface area (Å²) in [5, 5.41) is 0. The molecule has 0 aromatic carbocycles. The Bertz CT molecular complexity index is 357. The fourth-order valence-electron chi connectivity index (χ4n) is 0.919. The predicted molar refractivity (Wildman–Crippen MR) is 56.1 cm³/mol. The Hall–Kier alpha value is -1.82. The summed E-state index contributed by atoms with van der Waals surface area (Å²) in [5.74, 6) is 6.47. The first-order valence-corrected chi connectivity index (χ1v) is 4.30. The van der Waals surface area contributed by atoms with Crippen LogP contribution in [0.15, 0.2) is 18.3 Å². The summed E-state index contributed by atoms with van der Waals surface area (Å²) in [6.45, 7) is 0. The minimum absolute atomic E-state index is 0.273. The molecule has 0 saturated heterocycles. The molecule has 0 aliphatic carbocycles. The lowest BCUT2D eigenvalue weighted by Crippen LogP contribution is -2.10. The number of rotatable bonds is 2. The van der Waals surface area contributed by atoms with E-state index < -0.39 is 0 Å². The first-order chi connectivity index (χ1) is 6.74. The summed E-state index contributed by atoms with van der Waals surface area (Å²) in [4.78, 5) is 16.1. The van der Waals surface area contributed by atoms with Gasteiger partial charge in [-0.15, -0.1) is 0 Å². The standard InChI is InChI=1S/C11H12N2O/c1-13(2)11-7-6-10(9-12-11)5-3-4-8-14/h6-9H,4H2,1-2H3. The zero-order chi connectivity index (χ0) is 10.4. The molecular formula is C11H12N2O. The molecule has 72 valence electrons. The smallest absolute Gasteiger partial charge is 0.131 e. The van der Waals surface area contributed by atoms with Gasteiger partial charge in [0, 0.05) is 25.9 Å². The molecule has 0 atom stereocenters. The summed E-state index contributed by atoms with van der Waals surface area (Å²) < 4.78 is 0. The minimum atomic E-state index is 0.273. The lowest BCUT2D eigenvalue weighted by molar-refractivity contribution is -0.107. The van der Waals surface area contributed by atoms with Gasteiger partial charge < -0.3 is 9.69 Å². The Morgan fingerprint density at radius 3 is 2.79 bits per heavy atom. The van der Waals surface area contributed by atoms with Gasteiger partial charge >= 0.3 is 0 Å². The van der Waals surface area contributed by atoms with Crippen molar-refractivity contribution in [3.63, 3.8) is 0 Å². The first-order valence-electron chi connectivity index (χ1n) is 4.30. The molecule has 0 aliphatic rings. The SMILES string of the molecule is CN(C)c1ccc(C#CCC=O)cn1. The number of aromatic nitrogens is 1. The van der Waals surface area contributed by atoms with Gasteiger partial charge in [-0.2, -0.15) is 0 Å². The van der Waals surface area contributed by atoms with Crippen LogP contribution in [0, 0.1) is 11.8 Å². The predicted octanol–water partition coefficient (Wildman–Crippen LogP) is 1.09. The molecule has 0 amide bonds. The monoisotopic (exact) mass is 188 g/mol. The molecule has 3 nitrogen and oxygen atoms in total. The van der Waals surface area contributed by atoms with E-state index in [1.54, 1.807) is 6.20 Å². The molecule has 0 radical (unpaired) electrons. The van der Waals surface area contributed by atoms with Crippen molar-refractivity contribution in [2.45, 2.75) is 6.42 Å². The van der Waals surface area contributed by atoms with Crippen LogP contribution in [0.3, 0.4) is 0 Å². The molecular weight excluding hydrogens is 176 g/mol. The van der Waals surface area contributed by atoms with E-state index in [9.17, 15) is 4.79 Å². The van der Waals surface area contributed by atoms with Crippen molar-refractivity contribution >= 4 is 12.1 Å². The number of hydrogen-bond acceptors (Lipinski definition) is 3. The average molecular weight is 188 g/mol. The molecule has 1 aromatic rings. The quantitative estimate of drug-likeness (QED) is 0.514. The molecule has 1 heterocycles. The average Bonchev–Trinajstić information content (AvgIpc) is 2.19.